The van der Waals surface area contributed by atoms with Crippen LogP contribution < -0.4 is 0 Å². The Morgan fingerprint density at radius 2 is 1.78 bits per heavy atom. The number of esters is 1. The molecular weight excluding hydrogens is 284 g/mol. The molecule has 0 spiro atoms. The molecule has 0 aromatic carbocycles. The zero-order valence-corrected chi connectivity index (χ0v) is 14.7. The predicted molar refractivity (Wildman–Crippen MR) is 91.9 cm³/mol. The van der Waals surface area contributed by atoms with Crippen LogP contribution in [-0.4, -0.2) is 11.6 Å². The normalized spacial score (nSPS) is 45.5. The Balaban J connectivity index is 1.58. The summed E-state index contributed by atoms with van der Waals surface area (Å²) in [5.74, 6) is 3.93. The number of ether oxygens (including phenoxy) is 1. The second kappa shape index (κ2) is 5.93. The van der Waals surface area contributed by atoms with E-state index in [1.807, 2.05) is 0 Å². The zero-order valence-electron chi connectivity index (χ0n) is 14.7. The van der Waals surface area contributed by atoms with Crippen molar-refractivity contribution < 1.29 is 9.53 Å². The molecule has 4 fully saturated rings. The van der Waals surface area contributed by atoms with E-state index in [0.29, 0.717) is 11.5 Å². The molecule has 23 heavy (non-hydrogen) atoms. The molecule has 4 rings (SSSR count). The molecule has 0 heterocycles. The Hall–Kier alpha value is -0.790. The highest BCUT2D eigenvalue weighted by atomic mass is 16.6. The van der Waals surface area contributed by atoms with Crippen molar-refractivity contribution >= 4 is 5.97 Å². The highest BCUT2D eigenvalue weighted by Gasteiger charge is 2.55. The van der Waals surface area contributed by atoms with Gasteiger partial charge in [0.15, 0.2) is 0 Å². The molecule has 0 aromatic rings. The van der Waals surface area contributed by atoms with E-state index < -0.39 is 0 Å². The third kappa shape index (κ3) is 2.76. The van der Waals surface area contributed by atoms with E-state index in [4.69, 9.17) is 4.74 Å². The Labute approximate surface area is 141 Å². The van der Waals surface area contributed by atoms with Crippen molar-refractivity contribution in [2.75, 3.05) is 0 Å². The second-order valence-corrected chi connectivity index (χ2v) is 9.06. The van der Waals surface area contributed by atoms with Gasteiger partial charge in [-0.15, -0.1) is 0 Å². The molecule has 6 unspecified atom stereocenters. The largest absolute Gasteiger partial charge is 0.455 e. The lowest BCUT2D eigenvalue weighted by Crippen LogP contribution is -2.50. The van der Waals surface area contributed by atoms with Crippen molar-refractivity contribution in [3.63, 3.8) is 0 Å². The fourth-order valence-electron chi connectivity index (χ4n) is 6.57. The van der Waals surface area contributed by atoms with Crippen molar-refractivity contribution in [2.45, 2.75) is 83.2 Å². The van der Waals surface area contributed by atoms with Crippen LogP contribution in [0.15, 0.2) is 12.2 Å². The first-order valence-electron chi connectivity index (χ1n) is 9.96. The lowest BCUT2D eigenvalue weighted by molar-refractivity contribution is -0.176. The second-order valence-electron chi connectivity index (χ2n) is 9.06. The van der Waals surface area contributed by atoms with Crippen LogP contribution in [-0.2, 0) is 9.53 Å². The molecule has 0 N–H and O–H groups in total. The van der Waals surface area contributed by atoms with E-state index in [0.717, 1.165) is 36.5 Å². The molecule has 2 heteroatoms. The summed E-state index contributed by atoms with van der Waals surface area (Å²) >= 11 is 0. The van der Waals surface area contributed by atoms with Crippen LogP contribution in [0.25, 0.3) is 0 Å². The van der Waals surface area contributed by atoms with E-state index in [-0.39, 0.29) is 11.6 Å². The zero-order chi connectivity index (χ0) is 16.0. The van der Waals surface area contributed by atoms with Crippen molar-refractivity contribution in [3.05, 3.63) is 12.2 Å². The minimum Gasteiger partial charge on any atom is -0.455 e. The summed E-state index contributed by atoms with van der Waals surface area (Å²) in [6, 6.07) is 0. The van der Waals surface area contributed by atoms with E-state index >= 15 is 0 Å². The van der Waals surface area contributed by atoms with Crippen LogP contribution in [0.3, 0.4) is 0 Å². The number of fused-ring (bicyclic) bond motifs is 3. The maximum absolute atomic E-state index is 12.4. The van der Waals surface area contributed by atoms with Crippen molar-refractivity contribution in [3.8, 4) is 0 Å². The molecule has 0 saturated heterocycles. The quantitative estimate of drug-likeness (QED) is 0.523. The molecule has 0 amide bonds. The number of carbonyl (C=O) groups is 1. The Bertz CT molecular complexity index is 496. The molecule has 0 aliphatic heterocycles. The summed E-state index contributed by atoms with van der Waals surface area (Å²) in [5.41, 5.74) is 0.410. The Kier molecular flexibility index (Phi) is 4.06. The van der Waals surface area contributed by atoms with Crippen LogP contribution in [0.2, 0.25) is 0 Å². The van der Waals surface area contributed by atoms with Gasteiger partial charge in [0, 0.05) is 11.5 Å². The SMILES string of the molecule is C=C(C)C(=O)OC1(C2CC3CCC2C3)CCC2CCCCC2C1. The molecule has 4 saturated carbocycles. The minimum absolute atomic E-state index is 0.137. The van der Waals surface area contributed by atoms with Crippen molar-refractivity contribution in [2.24, 2.45) is 29.6 Å². The van der Waals surface area contributed by atoms with Crippen molar-refractivity contribution in [1.82, 2.24) is 0 Å². The first-order valence-corrected chi connectivity index (χ1v) is 9.96. The number of rotatable bonds is 3. The number of carbonyl (C=O) groups excluding carboxylic acids is 1. The predicted octanol–water partition coefficient (Wildman–Crippen LogP) is 5.27. The highest BCUT2D eigenvalue weighted by molar-refractivity contribution is 5.87. The third-order valence-corrected chi connectivity index (χ3v) is 7.67. The van der Waals surface area contributed by atoms with E-state index in [1.165, 1.54) is 57.8 Å². The topological polar surface area (TPSA) is 26.3 Å². The fraction of sp³-hybridized carbons (Fsp3) is 0.857. The molecule has 2 nitrogen and oxygen atoms in total. The van der Waals surface area contributed by atoms with Gasteiger partial charge < -0.3 is 4.74 Å². The van der Waals surface area contributed by atoms with E-state index in [9.17, 15) is 4.79 Å². The van der Waals surface area contributed by atoms with Crippen molar-refractivity contribution in [1.29, 1.82) is 0 Å². The molecule has 4 aliphatic rings. The summed E-state index contributed by atoms with van der Waals surface area (Å²) in [6.45, 7) is 5.63. The van der Waals surface area contributed by atoms with Gasteiger partial charge in [0.1, 0.15) is 5.60 Å². The summed E-state index contributed by atoms with van der Waals surface area (Å²) in [7, 11) is 0. The van der Waals surface area contributed by atoms with Gasteiger partial charge in [-0.05, 0) is 69.1 Å². The molecule has 6 atom stereocenters. The van der Waals surface area contributed by atoms with Crippen LogP contribution in [0, 0.1) is 29.6 Å². The first-order chi connectivity index (χ1) is 11.1. The fourth-order valence-corrected chi connectivity index (χ4v) is 6.57. The summed E-state index contributed by atoms with van der Waals surface area (Å²) in [4.78, 5) is 12.4. The van der Waals surface area contributed by atoms with Gasteiger partial charge in [-0.2, -0.15) is 0 Å². The van der Waals surface area contributed by atoms with Gasteiger partial charge in [0.25, 0.3) is 0 Å². The van der Waals surface area contributed by atoms with Crippen LogP contribution in [0.5, 0.6) is 0 Å². The van der Waals surface area contributed by atoms with Crippen LogP contribution in [0.1, 0.15) is 77.6 Å². The molecule has 0 radical (unpaired) electrons. The van der Waals surface area contributed by atoms with Gasteiger partial charge in [0.05, 0.1) is 0 Å². The maximum atomic E-state index is 12.4. The van der Waals surface area contributed by atoms with E-state index in [1.54, 1.807) is 6.92 Å². The average molecular weight is 316 g/mol. The summed E-state index contributed by atoms with van der Waals surface area (Å²) in [5, 5.41) is 0. The van der Waals surface area contributed by atoms with Crippen LogP contribution >= 0.6 is 0 Å². The molecule has 0 aromatic heterocycles. The van der Waals surface area contributed by atoms with E-state index in [2.05, 4.69) is 6.58 Å². The summed E-state index contributed by atoms with van der Waals surface area (Å²) in [6.07, 6.45) is 14.6. The van der Waals surface area contributed by atoms with Gasteiger partial charge in [-0.1, -0.05) is 38.7 Å². The minimum atomic E-state index is -0.158. The molecular formula is C21H32O2. The molecule has 4 aliphatic carbocycles. The number of hydrogen-bond donors (Lipinski definition) is 0. The standard InChI is InChI=1S/C21H32O2/c1-14(2)20(22)23-21(19-12-15-7-8-17(19)11-15)10-9-16-5-3-4-6-18(16)13-21/h15-19H,1,3-13H2,2H3. The highest BCUT2D eigenvalue weighted by Crippen LogP contribution is 2.58. The lowest BCUT2D eigenvalue weighted by atomic mass is 9.60. The average Bonchev–Trinajstić information content (AvgIpc) is 3.18. The van der Waals surface area contributed by atoms with Gasteiger partial charge in [0.2, 0.25) is 0 Å². The third-order valence-electron chi connectivity index (χ3n) is 7.67. The Morgan fingerprint density at radius 3 is 2.43 bits per heavy atom. The monoisotopic (exact) mass is 316 g/mol. The number of hydrogen-bond acceptors (Lipinski definition) is 2. The summed E-state index contributed by atoms with van der Waals surface area (Å²) < 4.78 is 6.29. The van der Waals surface area contributed by atoms with Gasteiger partial charge >= 0.3 is 5.97 Å². The smallest absolute Gasteiger partial charge is 0.333 e. The Morgan fingerprint density at radius 1 is 1.00 bits per heavy atom. The maximum Gasteiger partial charge on any atom is 0.333 e. The first kappa shape index (κ1) is 15.7. The van der Waals surface area contributed by atoms with Gasteiger partial charge in [-0.25, -0.2) is 4.79 Å². The van der Waals surface area contributed by atoms with Crippen LogP contribution in [0.4, 0.5) is 0 Å². The lowest BCUT2D eigenvalue weighted by Gasteiger charge is -2.50. The molecule has 128 valence electrons. The molecule has 2 bridgehead atoms. The van der Waals surface area contributed by atoms with Gasteiger partial charge in [-0.3, -0.25) is 0 Å².